The predicted molar refractivity (Wildman–Crippen MR) is 128 cm³/mol. The van der Waals surface area contributed by atoms with Crippen LogP contribution in [0.2, 0.25) is 0 Å². The minimum Gasteiger partial charge on any atom is -0.451 e. The lowest BCUT2D eigenvalue weighted by Crippen LogP contribution is -2.74. The summed E-state index contributed by atoms with van der Waals surface area (Å²) in [5.41, 5.74) is -13.6. The Balaban J connectivity index is 1.72. The van der Waals surface area contributed by atoms with Gasteiger partial charge in [-0.3, -0.25) is 0 Å². The van der Waals surface area contributed by atoms with E-state index in [-0.39, 0.29) is 25.0 Å². The van der Waals surface area contributed by atoms with Crippen molar-refractivity contribution >= 4 is 5.97 Å². The lowest BCUT2D eigenvalue weighted by atomic mass is 9.52. The second-order valence-corrected chi connectivity index (χ2v) is 12.6. The van der Waals surface area contributed by atoms with Crippen molar-refractivity contribution in [3.63, 3.8) is 0 Å². The molecule has 4 aliphatic carbocycles. The second kappa shape index (κ2) is 6.50. The molecule has 7 rings (SSSR count). The van der Waals surface area contributed by atoms with E-state index < -0.39 is 68.7 Å². The lowest BCUT2D eigenvalue weighted by molar-refractivity contribution is -0.383. The van der Waals surface area contributed by atoms with Gasteiger partial charge in [-0.2, -0.15) is 0 Å². The number of aromatic nitrogens is 1. The molecule has 1 spiro atoms. The first-order valence-electron chi connectivity index (χ1n) is 12.8. The highest BCUT2D eigenvalue weighted by Crippen LogP contribution is 2.91. The maximum Gasteiger partial charge on any atom is 0.355 e. The molecular weight excluding hydrogens is 482 g/mol. The average molecular weight is 520 g/mol. The zero-order chi connectivity index (χ0) is 27.4. The molecule has 3 heterocycles. The summed E-state index contributed by atoms with van der Waals surface area (Å²) in [6.45, 7) is 10.5. The molecule has 0 aromatic carbocycles. The van der Waals surface area contributed by atoms with E-state index in [4.69, 9.17) is 14.2 Å². The number of esters is 1. The number of hydrogen-bond acceptors (Lipinski definition) is 9. The molecule has 2 saturated heterocycles. The summed E-state index contributed by atoms with van der Waals surface area (Å²) in [5, 5.41) is 62.3. The molecule has 5 N–H and O–H groups in total. The van der Waals surface area contributed by atoms with Crippen molar-refractivity contribution < 1.29 is 44.5 Å². The number of nitrogens with zero attached hydrogens (tertiary/aromatic N) is 1. The van der Waals surface area contributed by atoms with Gasteiger partial charge in [0.1, 0.15) is 34.2 Å². The number of aliphatic hydroxyl groups is 5. The summed E-state index contributed by atoms with van der Waals surface area (Å²) in [4.78, 5) is 13.6. The largest absolute Gasteiger partial charge is 0.451 e. The highest BCUT2D eigenvalue weighted by atomic mass is 16.7. The Bertz CT molecular complexity index is 1250. The molecule has 6 fully saturated rings. The maximum atomic E-state index is 13.6. The molecule has 0 amide bonds. The number of ether oxygens (including phenoxy) is 3. The van der Waals surface area contributed by atoms with Crippen molar-refractivity contribution in [1.29, 1.82) is 0 Å². The quantitative estimate of drug-likeness (QED) is 0.281. The molecular formula is C27H37NO9. The van der Waals surface area contributed by atoms with Crippen LogP contribution >= 0.6 is 0 Å². The molecule has 1 aromatic heterocycles. The Labute approximate surface area is 215 Å². The monoisotopic (exact) mass is 519 g/mol. The van der Waals surface area contributed by atoms with Crippen LogP contribution in [0.1, 0.15) is 57.4 Å². The molecule has 2 unspecified atom stereocenters. The van der Waals surface area contributed by atoms with Gasteiger partial charge in [0.15, 0.2) is 17.5 Å². The zero-order valence-electron chi connectivity index (χ0n) is 22.1. The zero-order valence-corrected chi connectivity index (χ0v) is 22.1. The third kappa shape index (κ3) is 1.89. The van der Waals surface area contributed by atoms with Gasteiger partial charge in [-0.1, -0.05) is 27.4 Å². The number of rotatable bonds is 4. The number of methoxy groups -OCH3 is 1. The van der Waals surface area contributed by atoms with Crippen molar-refractivity contribution in [2.75, 3.05) is 7.11 Å². The molecule has 2 aliphatic heterocycles. The summed E-state index contributed by atoms with van der Waals surface area (Å²) >= 11 is 0. The summed E-state index contributed by atoms with van der Waals surface area (Å²) in [6.07, 6.45) is -1.42. The van der Waals surface area contributed by atoms with E-state index in [1.165, 1.54) is 14.0 Å². The fraction of sp³-hybridized carbons (Fsp3) is 0.741. The second-order valence-electron chi connectivity index (χ2n) is 12.6. The Morgan fingerprint density at radius 3 is 2.43 bits per heavy atom. The number of carbonyl (C=O) groups is 1. The van der Waals surface area contributed by atoms with Crippen molar-refractivity contribution in [1.82, 2.24) is 4.57 Å². The van der Waals surface area contributed by atoms with Gasteiger partial charge in [-0.05, 0) is 43.4 Å². The molecule has 204 valence electrons. The molecule has 6 aliphatic rings. The Hall–Kier alpha value is -1.79. The summed E-state index contributed by atoms with van der Waals surface area (Å²) < 4.78 is 20.2. The first kappa shape index (κ1) is 25.5. The summed E-state index contributed by atoms with van der Waals surface area (Å²) in [6, 6.07) is 3.24. The lowest BCUT2D eigenvalue weighted by Gasteiger charge is -2.60. The molecule has 1 aromatic rings. The van der Waals surface area contributed by atoms with E-state index in [0.717, 1.165) is 0 Å². The summed E-state index contributed by atoms with van der Waals surface area (Å²) in [7, 11) is 3.00. The van der Waals surface area contributed by atoms with Crippen molar-refractivity contribution in [2.45, 2.75) is 93.0 Å². The molecule has 10 nitrogen and oxygen atoms in total. The number of carbonyl (C=O) groups excluding carboxylic acids is 1. The SMILES string of the molecule is C=C1CC[C@]2(O)[C@]3(C)C[C@]4(O)O[C@@]2(C1O)[C@]1(O)[C@@]3(OC)C(OC(=O)c2cccn2C)[C@](O)(C(C)C)[C@@]14C. The Morgan fingerprint density at radius 2 is 1.89 bits per heavy atom. The van der Waals surface area contributed by atoms with Crippen LogP contribution in [0.3, 0.4) is 0 Å². The van der Waals surface area contributed by atoms with E-state index in [2.05, 4.69) is 6.58 Å². The number of aliphatic hydroxyl groups excluding tert-OH is 1. The van der Waals surface area contributed by atoms with Gasteiger partial charge in [0.25, 0.3) is 0 Å². The molecule has 10 atom stereocenters. The highest BCUT2D eigenvalue weighted by Gasteiger charge is 3.10. The Morgan fingerprint density at radius 1 is 1.24 bits per heavy atom. The Kier molecular flexibility index (Phi) is 4.47. The van der Waals surface area contributed by atoms with Crippen LogP contribution in [0.5, 0.6) is 0 Å². The van der Waals surface area contributed by atoms with Crippen LogP contribution in [0.4, 0.5) is 0 Å². The molecule has 10 heteroatoms. The van der Waals surface area contributed by atoms with E-state index in [1.54, 1.807) is 50.7 Å². The van der Waals surface area contributed by atoms with Crippen LogP contribution in [0, 0.1) is 16.7 Å². The maximum absolute atomic E-state index is 13.6. The number of hydrogen-bond donors (Lipinski definition) is 5. The van der Waals surface area contributed by atoms with Gasteiger partial charge < -0.3 is 44.3 Å². The molecule has 4 saturated carbocycles. The fourth-order valence-corrected chi connectivity index (χ4v) is 9.95. The van der Waals surface area contributed by atoms with Crippen LogP contribution < -0.4 is 0 Å². The minimum atomic E-state index is -2.42. The van der Waals surface area contributed by atoms with E-state index in [0.29, 0.717) is 5.57 Å². The van der Waals surface area contributed by atoms with Gasteiger partial charge >= 0.3 is 5.97 Å². The van der Waals surface area contributed by atoms with Crippen molar-refractivity contribution in [3.05, 3.63) is 36.2 Å². The normalized spacial score (nSPS) is 55.3. The van der Waals surface area contributed by atoms with E-state index in [9.17, 15) is 30.3 Å². The average Bonchev–Trinajstić information content (AvgIpc) is 3.36. The molecule has 0 radical (unpaired) electrons. The predicted octanol–water partition coefficient (Wildman–Crippen LogP) is 0.397. The van der Waals surface area contributed by atoms with E-state index in [1.807, 2.05) is 0 Å². The molecule has 37 heavy (non-hydrogen) atoms. The van der Waals surface area contributed by atoms with Crippen molar-refractivity contribution in [2.24, 2.45) is 23.8 Å². The van der Waals surface area contributed by atoms with Gasteiger partial charge in [-0.25, -0.2) is 4.79 Å². The fourth-order valence-electron chi connectivity index (χ4n) is 9.95. The summed E-state index contributed by atoms with van der Waals surface area (Å²) in [5.74, 6) is -3.68. The molecule has 6 bridgehead atoms. The smallest absolute Gasteiger partial charge is 0.355 e. The first-order chi connectivity index (χ1) is 17.0. The van der Waals surface area contributed by atoms with Crippen LogP contribution in [0.15, 0.2) is 30.5 Å². The standard InChI is InChI=1S/C27H37NO9/c1-14(2)24(33)19(36-18(30)16-9-8-12-28(16)6)26(35-7)20(4)13-23(32)21(24,5)27(26,34)25(37-23)17(29)15(3)10-11-22(20,25)31/h8-9,12,14,17,19,29,31-34H,3,10-11,13H2,1-2,4-7H3/t17?,19?,20-,21-,22-,23-,24+,25+,26+,27-/m0/s1. The first-order valence-corrected chi connectivity index (χ1v) is 12.8. The van der Waals surface area contributed by atoms with Crippen molar-refractivity contribution in [3.8, 4) is 0 Å². The van der Waals surface area contributed by atoms with Crippen LogP contribution in [-0.4, -0.2) is 89.2 Å². The third-order valence-electron chi connectivity index (χ3n) is 11.6. The topological polar surface area (TPSA) is 151 Å². The minimum absolute atomic E-state index is 0.0531. The van der Waals surface area contributed by atoms with Gasteiger partial charge in [0, 0.05) is 32.2 Å². The third-order valence-corrected chi connectivity index (χ3v) is 11.6. The van der Waals surface area contributed by atoms with E-state index >= 15 is 0 Å². The van der Waals surface area contributed by atoms with Gasteiger partial charge in [0.05, 0.1) is 5.41 Å². The van der Waals surface area contributed by atoms with Gasteiger partial charge in [0.2, 0.25) is 0 Å². The van der Waals surface area contributed by atoms with Crippen LogP contribution in [-0.2, 0) is 21.3 Å². The number of aryl methyl sites for hydroxylation is 1. The van der Waals surface area contributed by atoms with Crippen LogP contribution in [0.25, 0.3) is 0 Å². The van der Waals surface area contributed by atoms with Gasteiger partial charge in [-0.15, -0.1) is 0 Å². The highest BCUT2D eigenvalue weighted by molar-refractivity contribution is 5.88.